The second-order valence-electron chi connectivity index (χ2n) is 5.01. The van der Waals surface area contributed by atoms with Gasteiger partial charge in [-0.05, 0) is 32.9 Å². The molecule has 1 aromatic heterocycles. The molecule has 0 unspecified atom stereocenters. The lowest BCUT2D eigenvalue weighted by Crippen LogP contribution is -2.40. The van der Waals surface area contributed by atoms with Gasteiger partial charge in [-0.25, -0.2) is 9.78 Å². The van der Waals surface area contributed by atoms with E-state index in [0.717, 1.165) is 5.69 Å². The summed E-state index contributed by atoms with van der Waals surface area (Å²) < 4.78 is 5.21. The lowest BCUT2D eigenvalue weighted by molar-refractivity contribution is -0.126. The molecule has 0 fully saturated rings. The van der Waals surface area contributed by atoms with Crippen LogP contribution in [0.25, 0.3) is 0 Å². The summed E-state index contributed by atoms with van der Waals surface area (Å²) in [6.07, 6.45) is 1.90. The molecule has 1 atom stereocenters. The fourth-order valence-electron chi connectivity index (χ4n) is 2.06. The van der Waals surface area contributed by atoms with E-state index in [-0.39, 0.29) is 11.6 Å². The minimum Gasteiger partial charge on any atom is -0.448 e. The van der Waals surface area contributed by atoms with Crippen molar-refractivity contribution in [3.05, 3.63) is 54.1 Å². The van der Waals surface area contributed by atoms with Gasteiger partial charge in [0.2, 0.25) is 0 Å². The highest BCUT2D eigenvalue weighted by atomic mass is 16.5. The number of nitrogens with zero attached hydrogens (tertiary/aromatic N) is 3. The van der Waals surface area contributed by atoms with Crippen molar-refractivity contribution in [2.75, 3.05) is 11.4 Å². The van der Waals surface area contributed by atoms with Gasteiger partial charge < -0.3 is 9.64 Å². The average molecular weight is 313 g/mol. The standard InChI is InChI=1S/C17H19N3O3/c1-4-20(14-8-6-5-7-9-14)16(21)13(3)23-17(22)15-11-18-12(2)10-19-15/h5-11,13H,4H2,1-3H3/t13-/m0/s1. The van der Waals surface area contributed by atoms with Gasteiger partial charge in [0.1, 0.15) is 0 Å². The summed E-state index contributed by atoms with van der Waals surface area (Å²) in [6, 6.07) is 9.25. The van der Waals surface area contributed by atoms with Crippen LogP contribution in [0.15, 0.2) is 42.7 Å². The van der Waals surface area contributed by atoms with Crippen LogP contribution in [0.4, 0.5) is 5.69 Å². The van der Waals surface area contributed by atoms with Crippen molar-refractivity contribution < 1.29 is 14.3 Å². The molecule has 23 heavy (non-hydrogen) atoms. The largest absolute Gasteiger partial charge is 0.448 e. The Balaban J connectivity index is 2.06. The Labute approximate surface area is 135 Å². The first-order valence-electron chi connectivity index (χ1n) is 7.39. The van der Waals surface area contributed by atoms with Crippen molar-refractivity contribution in [3.8, 4) is 0 Å². The molecule has 0 aliphatic heterocycles. The van der Waals surface area contributed by atoms with Gasteiger partial charge in [0.15, 0.2) is 11.8 Å². The van der Waals surface area contributed by atoms with Crippen molar-refractivity contribution in [2.45, 2.75) is 26.9 Å². The maximum Gasteiger partial charge on any atom is 0.359 e. The zero-order valence-electron chi connectivity index (χ0n) is 13.4. The van der Waals surface area contributed by atoms with Gasteiger partial charge in [-0.3, -0.25) is 9.78 Å². The lowest BCUT2D eigenvalue weighted by atomic mass is 10.2. The molecule has 120 valence electrons. The second-order valence-corrected chi connectivity index (χ2v) is 5.01. The number of carbonyl (C=O) groups excluding carboxylic acids is 2. The maximum atomic E-state index is 12.5. The van der Waals surface area contributed by atoms with E-state index in [1.165, 1.54) is 12.4 Å². The number of anilines is 1. The molecular formula is C17H19N3O3. The number of hydrogen-bond acceptors (Lipinski definition) is 5. The van der Waals surface area contributed by atoms with Crippen LogP contribution in [0.2, 0.25) is 0 Å². The Morgan fingerprint density at radius 2 is 1.87 bits per heavy atom. The van der Waals surface area contributed by atoms with Crippen LogP contribution in [-0.2, 0) is 9.53 Å². The van der Waals surface area contributed by atoms with Gasteiger partial charge in [-0.15, -0.1) is 0 Å². The van der Waals surface area contributed by atoms with Gasteiger partial charge in [-0.2, -0.15) is 0 Å². The summed E-state index contributed by atoms with van der Waals surface area (Å²) in [5.74, 6) is -0.949. The minimum atomic E-state index is -0.911. The molecular weight excluding hydrogens is 294 g/mol. The third kappa shape index (κ3) is 4.12. The summed E-state index contributed by atoms with van der Waals surface area (Å²) in [5.41, 5.74) is 1.54. The predicted octanol–water partition coefficient (Wildman–Crippen LogP) is 2.38. The van der Waals surface area contributed by atoms with Crippen LogP contribution in [0.3, 0.4) is 0 Å². The molecule has 1 amide bonds. The molecule has 1 heterocycles. The Morgan fingerprint density at radius 1 is 1.17 bits per heavy atom. The Kier molecular flexibility index (Phi) is 5.41. The van der Waals surface area contributed by atoms with Crippen molar-refractivity contribution >= 4 is 17.6 Å². The molecule has 1 aromatic carbocycles. The van der Waals surface area contributed by atoms with Gasteiger partial charge in [0.05, 0.1) is 11.9 Å². The Hall–Kier alpha value is -2.76. The topological polar surface area (TPSA) is 72.4 Å². The van der Waals surface area contributed by atoms with E-state index in [4.69, 9.17) is 4.74 Å². The van der Waals surface area contributed by atoms with Crippen molar-refractivity contribution in [1.29, 1.82) is 0 Å². The molecule has 0 saturated heterocycles. The first-order valence-corrected chi connectivity index (χ1v) is 7.39. The zero-order valence-corrected chi connectivity index (χ0v) is 13.4. The number of benzene rings is 1. The molecule has 6 heteroatoms. The Bertz CT molecular complexity index is 671. The molecule has 0 aliphatic carbocycles. The zero-order chi connectivity index (χ0) is 16.8. The fraction of sp³-hybridized carbons (Fsp3) is 0.294. The molecule has 0 aliphatic rings. The van der Waals surface area contributed by atoms with E-state index in [2.05, 4.69) is 9.97 Å². The highest BCUT2D eigenvalue weighted by molar-refractivity contribution is 5.98. The lowest BCUT2D eigenvalue weighted by Gasteiger charge is -2.24. The maximum absolute atomic E-state index is 12.5. The quantitative estimate of drug-likeness (QED) is 0.793. The fourth-order valence-corrected chi connectivity index (χ4v) is 2.06. The van der Waals surface area contributed by atoms with Crippen LogP contribution < -0.4 is 4.90 Å². The number of esters is 1. The van der Waals surface area contributed by atoms with Crippen molar-refractivity contribution in [3.63, 3.8) is 0 Å². The number of rotatable bonds is 5. The summed E-state index contributed by atoms with van der Waals surface area (Å²) >= 11 is 0. The van der Waals surface area contributed by atoms with E-state index >= 15 is 0 Å². The van der Waals surface area contributed by atoms with Gasteiger partial charge >= 0.3 is 5.97 Å². The summed E-state index contributed by atoms with van der Waals surface area (Å²) in [6.45, 7) is 5.67. The molecule has 2 rings (SSSR count). The highest BCUT2D eigenvalue weighted by Gasteiger charge is 2.25. The second kappa shape index (κ2) is 7.49. The molecule has 2 aromatic rings. The van der Waals surface area contributed by atoms with Crippen LogP contribution >= 0.6 is 0 Å². The van der Waals surface area contributed by atoms with Crippen molar-refractivity contribution in [2.24, 2.45) is 0 Å². The molecule has 6 nitrogen and oxygen atoms in total. The van der Waals surface area contributed by atoms with Crippen LogP contribution in [0.1, 0.15) is 30.0 Å². The number of likely N-dealkylation sites (N-methyl/N-ethyl adjacent to an activating group) is 1. The molecule has 0 radical (unpaired) electrons. The number of aromatic nitrogens is 2. The number of ether oxygens (including phenoxy) is 1. The number of hydrogen-bond donors (Lipinski definition) is 0. The SMILES string of the molecule is CCN(C(=O)[C@H](C)OC(=O)c1cnc(C)cn1)c1ccccc1. The highest BCUT2D eigenvalue weighted by Crippen LogP contribution is 2.15. The van der Waals surface area contributed by atoms with Crippen LogP contribution in [0, 0.1) is 6.92 Å². The first-order chi connectivity index (χ1) is 11.0. The van der Waals surface area contributed by atoms with E-state index in [1.807, 2.05) is 37.3 Å². The predicted molar refractivity (Wildman–Crippen MR) is 86.1 cm³/mol. The first kappa shape index (κ1) is 16.6. The molecule has 0 bridgehead atoms. The van der Waals surface area contributed by atoms with E-state index in [0.29, 0.717) is 12.2 Å². The third-order valence-electron chi connectivity index (χ3n) is 3.27. The monoisotopic (exact) mass is 313 g/mol. The minimum absolute atomic E-state index is 0.0815. The van der Waals surface area contributed by atoms with E-state index < -0.39 is 12.1 Å². The van der Waals surface area contributed by atoms with Gasteiger partial charge in [0.25, 0.3) is 5.91 Å². The van der Waals surface area contributed by atoms with Crippen LogP contribution in [0.5, 0.6) is 0 Å². The number of aryl methyl sites for hydroxylation is 1. The number of amides is 1. The molecule has 0 N–H and O–H groups in total. The number of carbonyl (C=O) groups is 2. The molecule has 0 saturated carbocycles. The van der Waals surface area contributed by atoms with E-state index in [9.17, 15) is 9.59 Å². The normalized spacial score (nSPS) is 11.6. The Morgan fingerprint density at radius 3 is 2.43 bits per heavy atom. The third-order valence-corrected chi connectivity index (χ3v) is 3.27. The summed E-state index contributed by atoms with van der Waals surface area (Å²) in [7, 11) is 0. The molecule has 0 spiro atoms. The smallest absolute Gasteiger partial charge is 0.359 e. The summed E-state index contributed by atoms with van der Waals surface area (Å²) in [5, 5.41) is 0. The van der Waals surface area contributed by atoms with Crippen LogP contribution in [-0.4, -0.2) is 34.5 Å². The van der Waals surface area contributed by atoms with Crippen molar-refractivity contribution in [1.82, 2.24) is 9.97 Å². The number of para-hydroxylation sites is 1. The average Bonchev–Trinajstić information content (AvgIpc) is 2.57. The summed E-state index contributed by atoms with van der Waals surface area (Å²) in [4.78, 5) is 34.0. The van der Waals surface area contributed by atoms with E-state index in [1.54, 1.807) is 18.7 Å². The van der Waals surface area contributed by atoms with Gasteiger partial charge in [-0.1, -0.05) is 18.2 Å². The van der Waals surface area contributed by atoms with Gasteiger partial charge in [0, 0.05) is 18.4 Å².